The number of nitrogens with zero attached hydrogens (tertiary/aromatic N) is 3. The first kappa shape index (κ1) is 33.1. The third-order valence-corrected chi connectivity index (χ3v) is 4.66. The predicted molar refractivity (Wildman–Crippen MR) is 142 cm³/mol. The Morgan fingerprint density at radius 3 is 1.73 bits per heavy atom. The van der Waals surface area contributed by atoms with E-state index >= 15 is 0 Å². The fraction of sp³-hybridized carbons (Fsp3) is 0.519. The van der Waals surface area contributed by atoms with Crippen LogP contribution in [0.15, 0.2) is 48.8 Å². The monoisotopic (exact) mass is 477 g/mol. The number of rotatable bonds is 7. The van der Waals surface area contributed by atoms with Crippen molar-refractivity contribution in [3.05, 3.63) is 64.9 Å². The number of carbonyl (C=O) groups excluding carboxylic acids is 2. The zero-order chi connectivity index (χ0) is 26.1. The van der Waals surface area contributed by atoms with E-state index in [9.17, 15) is 9.59 Å². The molecule has 2 unspecified atom stereocenters. The minimum atomic E-state index is -0.210. The molecule has 0 bridgehead atoms. The van der Waals surface area contributed by atoms with Gasteiger partial charge in [0.05, 0.1) is 12.1 Å². The number of Topliss-reactive ketones (excluding diaryl/α,β-unsaturated/α-hetero) is 2. The molecule has 0 spiro atoms. The number of likely N-dealkylation sites (N-methyl/N-ethyl adjacent to an activating group) is 2. The second kappa shape index (κ2) is 18.4. The molecule has 0 radical (unpaired) electrons. The number of hydrogen-bond donors (Lipinski definition) is 0. The van der Waals surface area contributed by atoms with Crippen molar-refractivity contribution in [3.8, 4) is 0 Å². The van der Waals surface area contributed by atoms with Crippen LogP contribution in [0.1, 0.15) is 71.7 Å². The second-order valence-electron chi connectivity index (χ2n) is 7.74. The molecule has 0 fully saturated rings. The normalized spacial score (nSPS) is 11.8. The quantitative estimate of drug-likeness (QED) is 0.456. The van der Waals surface area contributed by atoms with Crippen molar-refractivity contribution in [1.82, 2.24) is 14.8 Å². The largest absolute Gasteiger partial charge is 0.298 e. The molecule has 6 heteroatoms. The summed E-state index contributed by atoms with van der Waals surface area (Å²) in [7, 11) is 7.59. The average molecular weight is 478 g/mol. The molecule has 5 nitrogen and oxygen atoms in total. The number of benzene rings is 1. The summed E-state index contributed by atoms with van der Waals surface area (Å²) in [6.07, 6.45) is 3.43. The number of pyridine rings is 1. The molecule has 2 rings (SSSR count). The van der Waals surface area contributed by atoms with Gasteiger partial charge in [-0.25, -0.2) is 0 Å². The molecule has 0 saturated heterocycles. The van der Waals surface area contributed by atoms with Gasteiger partial charge in [0.1, 0.15) is 0 Å². The summed E-state index contributed by atoms with van der Waals surface area (Å²) in [5.74, 6) is 0.372. The summed E-state index contributed by atoms with van der Waals surface area (Å²) in [6.45, 7) is 13.4. The number of hydrogen-bond acceptors (Lipinski definition) is 5. The summed E-state index contributed by atoms with van der Waals surface area (Å²) in [5, 5.41) is 0.668. The molecule has 0 amide bonds. The van der Waals surface area contributed by atoms with Gasteiger partial charge in [0.2, 0.25) is 0 Å². The van der Waals surface area contributed by atoms with Crippen molar-refractivity contribution < 1.29 is 9.59 Å². The van der Waals surface area contributed by atoms with Gasteiger partial charge in [-0.2, -0.15) is 0 Å². The molecule has 0 aliphatic heterocycles. The Bertz CT molecular complexity index is 793. The molecule has 0 N–H and O–H groups in total. The molecule has 2 atom stereocenters. The lowest BCUT2D eigenvalue weighted by molar-refractivity contribution is -0.126. The first-order valence-electron chi connectivity index (χ1n) is 11.6. The van der Waals surface area contributed by atoms with Crippen LogP contribution in [0.5, 0.6) is 0 Å². The van der Waals surface area contributed by atoms with Crippen LogP contribution < -0.4 is 0 Å². The van der Waals surface area contributed by atoms with Gasteiger partial charge in [-0.1, -0.05) is 71.3 Å². The van der Waals surface area contributed by atoms with Crippen molar-refractivity contribution in [1.29, 1.82) is 0 Å². The Morgan fingerprint density at radius 1 is 0.848 bits per heavy atom. The van der Waals surface area contributed by atoms with Crippen LogP contribution in [0.2, 0.25) is 5.02 Å². The first-order valence-corrected chi connectivity index (χ1v) is 12.0. The van der Waals surface area contributed by atoms with Crippen LogP contribution in [0.3, 0.4) is 0 Å². The zero-order valence-electron chi connectivity index (χ0n) is 22.4. The highest BCUT2D eigenvalue weighted by atomic mass is 35.5. The van der Waals surface area contributed by atoms with Gasteiger partial charge in [0.25, 0.3) is 0 Å². The maximum absolute atomic E-state index is 12.1. The van der Waals surface area contributed by atoms with Crippen molar-refractivity contribution in [2.75, 3.05) is 28.2 Å². The molecule has 1 heterocycles. The summed E-state index contributed by atoms with van der Waals surface area (Å²) in [6, 6.07) is 10.9. The van der Waals surface area contributed by atoms with Gasteiger partial charge in [0.15, 0.2) is 11.6 Å². The maximum atomic E-state index is 12.1. The highest BCUT2D eigenvalue weighted by Gasteiger charge is 2.25. The highest BCUT2D eigenvalue weighted by Crippen LogP contribution is 2.25. The molecule has 1 aromatic carbocycles. The fourth-order valence-corrected chi connectivity index (χ4v) is 3.34. The Hall–Kier alpha value is -2.08. The average Bonchev–Trinajstić information content (AvgIpc) is 2.77. The molecule has 2 aromatic rings. The maximum Gasteiger partial charge on any atom is 0.156 e. The Labute approximate surface area is 207 Å². The van der Waals surface area contributed by atoms with E-state index < -0.39 is 0 Å². The smallest absolute Gasteiger partial charge is 0.156 e. The SMILES string of the molecule is CC.CC.CC(=O)C(c1cccnc1)N(C)C.CC(C)C(=O)C(c1cccc(Cl)c1)N(C)C. The van der Waals surface area contributed by atoms with Crippen LogP contribution in [0, 0.1) is 5.92 Å². The molecule has 0 saturated carbocycles. The minimum Gasteiger partial charge on any atom is -0.298 e. The van der Waals surface area contributed by atoms with Crippen LogP contribution in [-0.4, -0.2) is 54.5 Å². The van der Waals surface area contributed by atoms with Crippen molar-refractivity contribution in [3.63, 3.8) is 0 Å². The van der Waals surface area contributed by atoms with Crippen molar-refractivity contribution in [2.24, 2.45) is 5.92 Å². The Balaban J connectivity index is 0. The van der Waals surface area contributed by atoms with Crippen molar-refractivity contribution >= 4 is 23.2 Å². The lowest BCUT2D eigenvalue weighted by Crippen LogP contribution is -2.30. The van der Waals surface area contributed by atoms with Crippen LogP contribution in [0.4, 0.5) is 0 Å². The fourth-order valence-electron chi connectivity index (χ4n) is 3.14. The predicted octanol–water partition coefficient (Wildman–Crippen LogP) is 6.49. The van der Waals surface area contributed by atoms with E-state index in [1.807, 2.05) is 116 Å². The summed E-state index contributed by atoms with van der Waals surface area (Å²) in [5.41, 5.74) is 1.90. The van der Waals surface area contributed by atoms with E-state index in [-0.39, 0.29) is 29.6 Å². The van der Waals surface area contributed by atoms with Crippen LogP contribution in [0.25, 0.3) is 0 Å². The molecule has 33 heavy (non-hydrogen) atoms. The van der Waals surface area contributed by atoms with E-state index in [1.165, 1.54) is 0 Å². The third kappa shape index (κ3) is 12.1. The van der Waals surface area contributed by atoms with Gasteiger partial charge < -0.3 is 0 Å². The Morgan fingerprint density at radius 2 is 1.36 bits per heavy atom. The van der Waals surface area contributed by atoms with Crippen LogP contribution in [-0.2, 0) is 9.59 Å². The molecule has 1 aromatic heterocycles. The topological polar surface area (TPSA) is 53.5 Å². The zero-order valence-corrected chi connectivity index (χ0v) is 23.1. The standard InChI is InChI=1S/C13H18ClNO.C10H14N2O.2C2H6/c1-9(2)13(16)12(15(3)4)10-6-5-7-11(14)8-10;1-8(13)10(12(2)3)9-5-4-6-11-7-9;2*1-2/h5-9,12H,1-4H3;4-7,10H,1-3H3;2*1-2H3. The van der Waals surface area contributed by atoms with E-state index in [4.69, 9.17) is 11.6 Å². The molecular weight excluding hydrogens is 434 g/mol. The lowest BCUT2D eigenvalue weighted by atomic mass is 9.95. The van der Waals surface area contributed by atoms with Gasteiger partial charge in [-0.3, -0.25) is 24.4 Å². The third-order valence-electron chi connectivity index (χ3n) is 4.42. The number of carbonyl (C=O) groups is 2. The van der Waals surface area contributed by atoms with E-state index in [0.717, 1.165) is 11.1 Å². The summed E-state index contributed by atoms with van der Waals surface area (Å²) in [4.78, 5) is 31.2. The molecule has 0 aliphatic rings. The minimum absolute atomic E-state index is 0.0198. The second-order valence-corrected chi connectivity index (χ2v) is 8.18. The number of aromatic nitrogens is 1. The van der Waals surface area contributed by atoms with Crippen molar-refractivity contribution in [2.45, 2.75) is 60.5 Å². The lowest BCUT2D eigenvalue weighted by Gasteiger charge is -2.25. The van der Waals surface area contributed by atoms with Gasteiger partial charge in [-0.15, -0.1) is 0 Å². The number of halogens is 1. The van der Waals surface area contributed by atoms with Crippen LogP contribution >= 0.6 is 11.6 Å². The van der Waals surface area contributed by atoms with E-state index in [1.54, 1.807) is 19.3 Å². The highest BCUT2D eigenvalue weighted by molar-refractivity contribution is 6.30. The number of ketones is 2. The molecule has 0 aliphatic carbocycles. The molecular formula is C27H44ClN3O2. The summed E-state index contributed by atoms with van der Waals surface area (Å²) >= 11 is 5.95. The van der Waals surface area contributed by atoms with Gasteiger partial charge in [0, 0.05) is 23.3 Å². The van der Waals surface area contributed by atoms with Gasteiger partial charge >= 0.3 is 0 Å². The molecule has 186 valence electrons. The first-order chi connectivity index (χ1) is 15.6. The van der Waals surface area contributed by atoms with E-state index in [0.29, 0.717) is 5.02 Å². The Kier molecular flexibility index (Phi) is 18.4. The van der Waals surface area contributed by atoms with E-state index in [2.05, 4.69) is 4.98 Å². The van der Waals surface area contributed by atoms with Gasteiger partial charge in [-0.05, 0) is 64.4 Å². The summed E-state index contributed by atoms with van der Waals surface area (Å²) < 4.78 is 0.